The first-order valence-electron chi connectivity index (χ1n) is 6.41. The van der Waals surface area contributed by atoms with E-state index in [-0.39, 0.29) is 24.0 Å². The topological polar surface area (TPSA) is 72.6 Å². The molecule has 0 saturated carbocycles. The lowest BCUT2D eigenvalue weighted by molar-refractivity contribution is -0.132. The van der Waals surface area contributed by atoms with Gasteiger partial charge in [-0.1, -0.05) is 15.9 Å². The number of nitrogens with zero attached hydrogens (tertiary/aromatic N) is 1. The van der Waals surface area contributed by atoms with Crippen LogP contribution in [0.4, 0.5) is 5.69 Å². The minimum Gasteiger partial charge on any atom is -0.481 e. The van der Waals surface area contributed by atoms with Gasteiger partial charge in [-0.15, -0.1) is 0 Å². The molecule has 0 fully saturated rings. The third kappa shape index (κ3) is 3.96. The third-order valence-corrected chi connectivity index (χ3v) is 3.38. The van der Waals surface area contributed by atoms with Crippen LogP contribution in [0.25, 0.3) is 0 Å². The lowest BCUT2D eigenvalue weighted by Gasteiger charge is -2.19. The number of benzene rings is 1. The van der Waals surface area contributed by atoms with Gasteiger partial charge in [-0.05, 0) is 32.9 Å². The molecular weight excluding hydrogens is 324 g/mol. The lowest BCUT2D eigenvalue weighted by atomic mass is 10.1. The van der Waals surface area contributed by atoms with E-state index in [0.29, 0.717) is 28.8 Å². The maximum Gasteiger partial charge on any atom is 0.260 e. The summed E-state index contributed by atoms with van der Waals surface area (Å²) in [6.07, 6.45) is 0. The molecule has 0 atom stereocenters. The molecule has 0 unspecified atom stereocenters. The summed E-state index contributed by atoms with van der Waals surface area (Å²) in [6, 6.07) is 3.28. The summed E-state index contributed by atoms with van der Waals surface area (Å²) in [5, 5.41) is 0. The fourth-order valence-corrected chi connectivity index (χ4v) is 2.31. The zero-order valence-electron chi connectivity index (χ0n) is 11.9. The Morgan fingerprint density at radius 3 is 2.40 bits per heavy atom. The number of rotatable bonds is 6. The van der Waals surface area contributed by atoms with E-state index in [4.69, 9.17) is 10.5 Å². The van der Waals surface area contributed by atoms with E-state index in [1.807, 2.05) is 13.8 Å². The maximum atomic E-state index is 11.9. The highest BCUT2D eigenvalue weighted by atomic mass is 79.9. The van der Waals surface area contributed by atoms with Crippen molar-refractivity contribution in [2.45, 2.75) is 20.8 Å². The number of hydrogen-bond donors (Lipinski definition) is 1. The summed E-state index contributed by atoms with van der Waals surface area (Å²) < 4.78 is 6.17. The SMILES string of the molecule is CCN(CC)C(=O)COc1c(N)cc(Br)cc1C(C)=O. The van der Waals surface area contributed by atoms with Crippen LogP contribution in [0.15, 0.2) is 16.6 Å². The maximum absolute atomic E-state index is 11.9. The number of likely N-dealkylation sites (N-methyl/N-ethyl adjacent to an activating group) is 1. The van der Waals surface area contributed by atoms with E-state index in [9.17, 15) is 9.59 Å². The minimum atomic E-state index is -0.164. The van der Waals surface area contributed by atoms with Gasteiger partial charge in [0.1, 0.15) is 0 Å². The predicted molar refractivity (Wildman–Crippen MR) is 82.0 cm³/mol. The van der Waals surface area contributed by atoms with Crippen LogP contribution in [0, 0.1) is 0 Å². The summed E-state index contributed by atoms with van der Waals surface area (Å²) >= 11 is 3.28. The van der Waals surface area contributed by atoms with E-state index in [2.05, 4.69) is 15.9 Å². The molecule has 0 bridgehead atoms. The first-order chi connectivity index (χ1) is 9.40. The molecule has 0 aliphatic rings. The van der Waals surface area contributed by atoms with Crippen LogP contribution in [-0.4, -0.2) is 36.3 Å². The average Bonchev–Trinajstić information content (AvgIpc) is 2.38. The fourth-order valence-electron chi connectivity index (χ4n) is 1.84. The van der Waals surface area contributed by atoms with Gasteiger partial charge in [-0.2, -0.15) is 0 Å². The Bertz CT molecular complexity index is 513. The number of hydrogen-bond acceptors (Lipinski definition) is 4. The number of Topliss-reactive ketones (excluding diaryl/α,β-unsaturated/α-hetero) is 1. The molecule has 1 aromatic carbocycles. The Labute approximate surface area is 127 Å². The molecule has 0 aromatic heterocycles. The number of nitrogens with two attached hydrogens (primary N) is 1. The van der Waals surface area contributed by atoms with Crippen LogP contribution >= 0.6 is 15.9 Å². The second kappa shape index (κ2) is 7.28. The Morgan fingerprint density at radius 1 is 1.30 bits per heavy atom. The third-order valence-electron chi connectivity index (χ3n) is 2.92. The van der Waals surface area contributed by atoms with Crippen molar-refractivity contribution < 1.29 is 14.3 Å². The number of amides is 1. The zero-order chi connectivity index (χ0) is 15.3. The normalized spacial score (nSPS) is 10.2. The van der Waals surface area contributed by atoms with Gasteiger partial charge < -0.3 is 15.4 Å². The number of anilines is 1. The molecule has 0 heterocycles. The van der Waals surface area contributed by atoms with Gasteiger partial charge >= 0.3 is 0 Å². The summed E-state index contributed by atoms with van der Waals surface area (Å²) in [5.41, 5.74) is 6.55. The number of ketones is 1. The van der Waals surface area contributed by atoms with Gasteiger partial charge in [0, 0.05) is 17.6 Å². The van der Waals surface area contributed by atoms with E-state index in [0.717, 1.165) is 0 Å². The molecule has 0 aliphatic carbocycles. The van der Waals surface area contributed by atoms with Crippen molar-refractivity contribution in [2.24, 2.45) is 0 Å². The number of nitrogen functional groups attached to an aromatic ring is 1. The van der Waals surface area contributed by atoms with Gasteiger partial charge in [0.05, 0.1) is 11.3 Å². The molecule has 0 radical (unpaired) electrons. The number of ether oxygens (including phenoxy) is 1. The monoisotopic (exact) mass is 342 g/mol. The molecule has 0 aliphatic heterocycles. The van der Waals surface area contributed by atoms with Crippen molar-refractivity contribution in [1.29, 1.82) is 0 Å². The molecule has 20 heavy (non-hydrogen) atoms. The minimum absolute atomic E-state index is 0.131. The summed E-state index contributed by atoms with van der Waals surface area (Å²) in [6.45, 7) is 6.34. The average molecular weight is 343 g/mol. The van der Waals surface area contributed by atoms with E-state index in [1.165, 1.54) is 6.92 Å². The van der Waals surface area contributed by atoms with Crippen molar-refractivity contribution >= 4 is 33.3 Å². The number of halogens is 1. The first kappa shape index (κ1) is 16.5. The van der Waals surface area contributed by atoms with Gasteiger partial charge in [0.25, 0.3) is 5.91 Å². The number of carbonyl (C=O) groups is 2. The molecule has 6 heteroatoms. The Balaban J connectivity index is 2.93. The van der Waals surface area contributed by atoms with Gasteiger partial charge in [-0.3, -0.25) is 9.59 Å². The predicted octanol–water partition coefficient (Wildman–Crippen LogP) is 2.48. The van der Waals surface area contributed by atoms with Gasteiger partial charge in [-0.25, -0.2) is 0 Å². The van der Waals surface area contributed by atoms with Crippen LogP contribution < -0.4 is 10.5 Å². The van der Waals surface area contributed by atoms with Gasteiger partial charge in [0.2, 0.25) is 0 Å². The molecular formula is C14H19BrN2O3. The van der Waals surface area contributed by atoms with Crippen LogP contribution in [0.2, 0.25) is 0 Å². The smallest absolute Gasteiger partial charge is 0.260 e. The largest absolute Gasteiger partial charge is 0.481 e. The summed E-state index contributed by atoms with van der Waals surface area (Å²) in [7, 11) is 0. The first-order valence-corrected chi connectivity index (χ1v) is 7.20. The summed E-state index contributed by atoms with van der Waals surface area (Å²) in [4.78, 5) is 25.2. The Hall–Kier alpha value is -1.56. The molecule has 5 nitrogen and oxygen atoms in total. The van der Waals surface area contributed by atoms with Crippen LogP contribution in [0.1, 0.15) is 31.1 Å². The van der Waals surface area contributed by atoms with Crippen LogP contribution in [0.3, 0.4) is 0 Å². The second-order valence-electron chi connectivity index (χ2n) is 4.28. The van der Waals surface area contributed by atoms with E-state index < -0.39 is 0 Å². The quantitative estimate of drug-likeness (QED) is 0.636. The van der Waals surface area contributed by atoms with E-state index in [1.54, 1.807) is 17.0 Å². The molecule has 2 N–H and O–H groups in total. The standard InChI is InChI=1S/C14H19BrN2O3/c1-4-17(5-2)13(19)8-20-14-11(9(3)18)6-10(15)7-12(14)16/h6-7H,4-5,8,16H2,1-3H3. The molecule has 1 rings (SSSR count). The molecule has 1 amide bonds. The number of carbonyl (C=O) groups excluding carboxylic acids is 2. The second-order valence-corrected chi connectivity index (χ2v) is 5.20. The van der Waals surface area contributed by atoms with Crippen LogP contribution in [0.5, 0.6) is 5.75 Å². The molecule has 1 aromatic rings. The molecule has 0 saturated heterocycles. The highest BCUT2D eigenvalue weighted by Crippen LogP contribution is 2.31. The van der Waals surface area contributed by atoms with Gasteiger partial charge in [0.15, 0.2) is 18.1 Å². The highest BCUT2D eigenvalue weighted by molar-refractivity contribution is 9.10. The lowest BCUT2D eigenvalue weighted by Crippen LogP contribution is -2.34. The fraction of sp³-hybridized carbons (Fsp3) is 0.429. The van der Waals surface area contributed by atoms with Crippen molar-refractivity contribution in [3.63, 3.8) is 0 Å². The van der Waals surface area contributed by atoms with E-state index >= 15 is 0 Å². The molecule has 0 spiro atoms. The van der Waals surface area contributed by atoms with Crippen molar-refractivity contribution in [1.82, 2.24) is 4.90 Å². The highest BCUT2D eigenvalue weighted by Gasteiger charge is 2.16. The zero-order valence-corrected chi connectivity index (χ0v) is 13.5. The van der Waals surface area contributed by atoms with Crippen LogP contribution in [-0.2, 0) is 4.79 Å². The summed E-state index contributed by atoms with van der Waals surface area (Å²) in [5.74, 6) is -0.0312. The molecule has 110 valence electrons. The Morgan fingerprint density at radius 2 is 1.90 bits per heavy atom. The van der Waals surface area contributed by atoms with Crippen molar-refractivity contribution in [2.75, 3.05) is 25.4 Å². The van der Waals surface area contributed by atoms with Crippen molar-refractivity contribution in [3.05, 3.63) is 22.2 Å². The van der Waals surface area contributed by atoms with Crippen molar-refractivity contribution in [3.8, 4) is 5.75 Å². The Kier molecular flexibility index (Phi) is 6.01.